The third kappa shape index (κ3) is 4.31. The zero-order valence-corrected chi connectivity index (χ0v) is 20.3. The first-order valence-corrected chi connectivity index (χ1v) is 11.8. The molecule has 0 saturated heterocycles. The minimum absolute atomic E-state index is 0.0342. The second-order valence-electron chi connectivity index (χ2n) is 9.00. The number of methoxy groups -OCH3 is 1. The molecular weight excluding hydrogens is 452 g/mol. The lowest BCUT2D eigenvalue weighted by Gasteiger charge is -2.09. The summed E-state index contributed by atoms with van der Waals surface area (Å²) in [6, 6.07) is 24.4. The Bertz CT molecular complexity index is 1600. The summed E-state index contributed by atoms with van der Waals surface area (Å²) >= 11 is 0. The standard InChI is InChI=1S/C29H26N4O3/c1-18(2)17-33-26-14-13-20(36-3)15-23(26)27(29(33)35)31-32-28(34)22-16-25(19-9-5-4-6-10-19)30-24-12-8-7-11-21(22)24/h4-16,18,35H,17H2,1-3H3. The number of ether oxygens (including phenoxy) is 1. The molecule has 0 aliphatic heterocycles. The number of para-hydroxylation sites is 1. The van der Waals surface area contributed by atoms with Crippen molar-refractivity contribution in [2.45, 2.75) is 20.4 Å². The number of aromatic nitrogens is 2. The van der Waals surface area contributed by atoms with Gasteiger partial charge in [-0.3, -0.25) is 4.79 Å². The van der Waals surface area contributed by atoms with E-state index in [0.29, 0.717) is 45.8 Å². The smallest absolute Gasteiger partial charge is 0.296 e. The largest absolute Gasteiger partial charge is 0.497 e. The summed E-state index contributed by atoms with van der Waals surface area (Å²) in [6.45, 7) is 4.73. The highest BCUT2D eigenvalue weighted by atomic mass is 16.5. The Morgan fingerprint density at radius 1 is 1.00 bits per heavy atom. The number of carbonyl (C=O) groups excluding carboxylic acids is 1. The first-order chi connectivity index (χ1) is 17.5. The van der Waals surface area contributed by atoms with Crippen LogP contribution < -0.4 is 4.74 Å². The molecule has 5 aromatic rings. The number of azo groups is 1. The van der Waals surface area contributed by atoms with Crippen LogP contribution in [0.4, 0.5) is 5.69 Å². The lowest BCUT2D eigenvalue weighted by molar-refractivity contribution is 0.0996. The Kier molecular flexibility index (Phi) is 6.21. The molecular formula is C29H26N4O3. The number of benzene rings is 3. The summed E-state index contributed by atoms with van der Waals surface area (Å²) in [4.78, 5) is 18.1. The van der Waals surface area contributed by atoms with Gasteiger partial charge in [0.15, 0.2) is 5.69 Å². The fourth-order valence-corrected chi connectivity index (χ4v) is 4.34. The lowest BCUT2D eigenvalue weighted by atomic mass is 10.0. The number of pyridine rings is 1. The fraction of sp³-hybridized carbons (Fsp3) is 0.172. The summed E-state index contributed by atoms with van der Waals surface area (Å²) in [6.07, 6.45) is 0. The van der Waals surface area contributed by atoms with Crippen LogP contribution in [0.3, 0.4) is 0 Å². The van der Waals surface area contributed by atoms with E-state index in [1.165, 1.54) is 0 Å². The SMILES string of the molecule is COc1ccc2c(c1)c(N=NC(=O)c1cc(-c3ccccc3)nc3ccccc13)c(O)n2CC(C)C. The lowest BCUT2D eigenvalue weighted by Crippen LogP contribution is -2.03. The maximum absolute atomic E-state index is 13.4. The molecule has 0 aliphatic carbocycles. The third-order valence-corrected chi connectivity index (χ3v) is 6.02. The van der Waals surface area contributed by atoms with E-state index >= 15 is 0 Å². The minimum atomic E-state index is -0.516. The van der Waals surface area contributed by atoms with Crippen LogP contribution in [0.5, 0.6) is 11.6 Å². The quantitative estimate of drug-likeness (QED) is 0.262. The average Bonchev–Trinajstić information content (AvgIpc) is 3.16. The number of amides is 1. The normalized spacial score (nSPS) is 11.7. The predicted molar refractivity (Wildman–Crippen MR) is 141 cm³/mol. The van der Waals surface area contributed by atoms with E-state index in [2.05, 4.69) is 24.1 Å². The molecule has 0 fully saturated rings. The van der Waals surface area contributed by atoms with Gasteiger partial charge in [-0.15, -0.1) is 10.2 Å². The number of fused-ring (bicyclic) bond motifs is 2. The monoisotopic (exact) mass is 478 g/mol. The van der Waals surface area contributed by atoms with Gasteiger partial charge < -0.3 is 14.4 Å². The van der Waals surface area contributed by atoms with Gasteiger partial charge in [0.1, 0.15) is 5.75 Å². The van der Waals surface area contributed by atoms with Gasteiger partial charge in [-0.05, 0) is 36.2 Å². The predicted octanol–water partition coefficient (Wildman–Crippen LogP) is 7.15. The van der Waals surface area contributed by atoms with E-state index in [0.717, 1.165) is 11.1 Å². The van der Waals surface area contributed by atoms with Gasteiger partial charge in [0.2, 0.25) is 5.88 Å². The van der Waals surface area contributed by atoms with Crippen LogP contribution in [0.25, 0.3) is 33.1 Å². The summed E-state index contributed by atoms with van der Waals surface area (Å²) in [5.41, 5.74) is 3.69. The van der Waals surface area contributed by atoms with Gasteiger partial charge >= 0.3 is 0 Å². The highest BCUT2D eigenvalue weighted by Crippen LogP contribution is 2.41. The van der Waals surface area contributed by atoms with E-state index in [9.17, 15) is 9.90 Å². The molecule has 1 N–H and O–H groups in total. The Balaban J connectivity index is 1.61. The van der Waals surface area contributed by atoms with Gasteiger partial charge in [0.25, 0.3) is 5.91 Å². The molecule has 3 aromatic carbocycles. The molecule has 0 saturated carbocycles. The molecule has 2 aromatic heterocycles. The molecule has 180 valence electrons. The van der Waals surface area contributed by atoms with Gasteiger partial charge in [0.05, 0.1) is 29.4 Å². The molecule has 36 heavy (non-hydrogen) atoms. The molecule has 0 spiro atoms. The molecule has 2 heterocycles. The second kappa shape index (κ2) is 9.62. The van der Waals surface area contributed by atoms with Crippen molar-refractivity contribution in [1.29, 1.82) is 0 Å². The Labute approximate surface area is 208 Å². The summed E-state index contributed by atoms with van der Waals surface area (Å²) in [5.74, 6) is 0.366. The summed E-state index contributed by atoms with van der Waals surface area (Å²) in [5, 5.41) is 20.7. The van der Waals surface area contributed by atoms with Crippen LogP contribution in [-0.4, -0.2) is 27.7 Å². The van der Waals surface area contributed by atoms with Gasteiger partial charge in [-0.1, -0.05) is 62.4 Å². The first-order valence-electron chi connectivity index (χ1n) is 11.8. The van der Waals surface area contributed by atoms with E-state index in [4.69, 9.17) is 9.72 Å². The molecule has 1 amide bonds. The van der Waals surface area contributed by atoms with Crippen LogP contribution in [0.15, 0.2) is 89.1 Å². The molecule has 5 rings (SSSR count). The number of rotatable bonds is 6. The fourth-order valence-electron chi connectivity index (χ4n) is 4.34. The zero-order valence-electron chi connectivity index (χ0n) is 20.3. The van der Waals surface area contributed by atoms with Crippen LogP contribution in [-0.2, 0) is 6.54 Å². The van der Waals surface area contributed by atoms with Crippen molar-refractivity contribution in [1.82, 2.24) is 9.55 Å². The number of nitrogens with zero attached hydrogens (tertiary/aromatic N) is 4. The molecule has 7 heteroatoms. The topological polar surface area (TPSA) is 89.1 Å². The molecule has 0 unspecified atom stereocenters. The summed E-state index contributed by atoms with van der Waals surface area (Å²) < 4.78 is 7.15. The highest BCUT2D eigenvalue weighted by Gasteiger charge is 2.19. The van der Waals surface area contributed by atoms with E-state index in [1.54, 1.807) is 23.8 Å². The number of hydrogen-bond donors (Lipinski definition) is 1. The maximum Gasteiger partial charge on any atom is 0.296 e. The molecule has 0 aliphatic rings. The Hall–Kier alpha value is -4.52. The Morgan fingerprint density at radius 3 is 2.50 bits per heavy atom. The van der Waals surface area contributed by atoms with E-state index < -0.39 is 5.91 Å². The number of carbonyl (C=O) groups is 1. The van der Waals surface area contributed by atoms with Crippen LogP contribution in [0, 0.1) is 5.92 Å². The van der Waals surface area contributed by atoms with Gasteiger partial charge in [0, 0.05) is 22.9 Å². The highest BCUT2D eigenvalue weighted by molar-refractivity contribution is 6.07. The molecule has 0 radical (unpaired) electrons. The van der Waals surface area contributed by atoms with Crippen molar-refractivity contribution < 1.29 is 14.6 Å². The Morgan fingerprint density at radius 2 is 1.75 bits per heavy atom. The van der Waals surface area contributed by atoms with Crippen LogP contribution in [0.1, 0.15) is 24.2 Å². The van der Waals surface area contributed by atoms with E-state index in [1.807, 2.05) is 66.7 Å². The average molecular weight is 479 g/mol. The number of hydrogen-bond acceptors (Lipinski definition) is 5. The van der Waals surface area contributed by atoms with Crippen LogP contribution >= 0.6 is 0 Å². The molecule has 0 bridgehead atoms. The van der Waals surface area contributed by atoms with Crippen molar-refractivity contribution in [3.8, 4) is 22.9 Å². The zero-order chi connectivity index (χ0) is 25.2. The summed E-state index contributed by atoms with van der Waals surface area (Å²) in [7, 11) is 1.58. The first kappa shape index (κ1) is 23.2. The van der Waals surface area contributed by atoms with Crippen molar-refractivity contribution in [2.75, 3.05) is 7.11 Å². The molecule has 7 nitrogen and oxygen atoms in total. The van der Waals surface area contributed by atoms with Crippen molar-refractivity contribution in [2.24, 2.45) is 16.1 Å². The minimum Gasteiger partial charge on any atom is -0.497 e. The van der Waals surface area contributed by atoms with Crippen LogP contribution in [0.2, 0.25) is 0 Å². The van der Waals surface area contributed by atoms with Crippen molar-refractivity contribution >= 4 is 33.4 Å². The van der Waals surface area contributed by atoms with Crippen molar-refractivity contribution in [3.05, 3.63) is 84.4 Å². The van der Waals surface area contributed by atoms with Crippen molar-refractivity contribution in [3.63, 3.8) is 0 Å². The second-order valence-corrected chi connectivity index (χ2v) is 9.00. The van der Waals surface area contributed by atoms with E-state index in [-0.39, 0.29) is 11.6 Å². The van der Waals surface area contributed by atoms with Gasteiger partial charge in [-0.2, -0.15) is 0 Å². The third-order valence-electron chi connectivity index (χ3n) is 6.02. The number of aromatic hydroxyl groups is 1. The maximum atomic E-state index is 13.4. The molecule has 0 atom stereocenters. The van der Waals surface area contributed by atoms with Gasteiger partial charge in [-0.25, -0.2) is 4.98 Å².